The average Bonchev–Trinajstić information content (AvgIpc) is 3.09. The third-order valence-electron chi connectivity index (χ3n) is 6.20. The number of benzene rings is 2. The maximum Gasteiger partial charge on any atom is 0.143 e. The molecule has 2 atom stereocenters. The van der Waals surface area contributed by atoms with Gasteiger partial charge in [0.25, 0.3) is 0 Å². The first kappa shape index (κ1) is 18.7. The van der Waals surface area contributed by atoms with Crippen molar-refractivity contribution in [1.29, 1.82) is 0 Å². The normalized spacial score (nSPS) is 20.1. The van der Waals surface area contributed by atoms with Gasteiger partial charge in [0, 0.05) is 23.6 Å². The van der Waals surface area contributed by atoms with Crippen LogP contribution in [0.2, 0.25) is 0 Å². The molecule has 0 saturated carbocycles. The summed E-state index contributed by atoms with van der Waals surface area (Å²) in [6.45, 7) is 4.11. The molecule has 152 valence electrons. The minimum Gasteiger partial charge on any atom is -0.497 e. The number of fused-ring (bicyclic) bond motifs is 2. The number of hydrogen-bond donors (Lipinski definition) is 1. The summed E-state index contributed by atoms with van der Waals surface area (Å²) in [5, 5.41) is 8.45. The van der Waals surface area contributed by atoms with Crippen LogP contribution in [0.25, 0.3) is 5.69 Å². The van der Waals surface area contributed by atoms with Crippen molar-refractivity contribution in [2.75, 3.05) is 12.4 Å². The molecule has 1 aliphatic carbocycles. The predicted molar refractivity (Wildman–Crippen MR) is 117 cm³/mol. The van der Waals surface area contributed by atoms with Crippen molar-refractivity contribution in [3.63, 3.8) is 0 Å². The van der Waals surface area contributed by atoms with Crippen LogP contribution in [0.5, 0.6) is 5.75 Å². The molecular weight excluding hydrogens is 374 g/mol. The molecule has 3 aromatic rings. The molecule has 1 N–H and O–H groups in total. The van der Waals surface area contributed by atoms with Gasteiger partial charge in [0.1, 0.15) is 17.4 Å². The Hall–Kier alpha value is -3.34. The number of Topliss-reactive ketones (excluding diaryl/α,β-unsaturated/α-hetero) is 1. The zero-order chi connectivity index (χ0) is 20.8. The van der Waals surface area contributed by atoms with Crippen LogP contribution in [0.15, 0.2) is 60.3 Å². The number of carbonyl (C=O) groups excluding carboxylic acids is 1. The molecule has 0 unspecified atom stereocenters. The second kappa shape index (κ2) is 7.17. The van der Waals surface area contributed by atoms with Crippen molar-refractivity contribution in [3.8, 4) is 11.4 Å². The van der Waals surface area contributed by atoms with Gasteiger partial charge in [0.15, 0.2) is 0 Å². The second-order valence-corrected chi connectivity index (χ2v) is 8.11. The highest BCUT2D eigenvalue weighted by atomic mass is 16.5. The number of carbonyl (C=O) groups is 1. The Morgan fingerprint density at radius 2 is 1.77 bits per heavy atom. The standard InChI is InChI=1S/C25H25N3O2/c1-15-7-11-18(12-8-15)28-25-22(16(2)27-28)23(17-9-13-19(30-3)14-10-17)24-20(26-25)5-4-6-21(24)29/h5,7-14,23-24,26H,4,6H2,1-3H3/t23-,24+/m1/s1. The van der Waals surface area contributed by atoms with E-state index in [0.717, 1.165) is 46.2 Å². The van der Waals surface area contributed by atoms with E-state index in [1.165, 1.54) is 5.56 Å². The van der Waals surface area contributed by atoms with Gasteiger partial charge < -0.3 is 10.1 Å². The van der Waals surface area contributed by atoms with E-state index in [-0.39, 0.29) is 17.6 Å². The fraction of sp³-hybridized carbons (Fsp3) is 0.280. The van der Waals surface area contributed by atoms with Crippen molar-refractivity contribution in [1.82, 2.24) is 9.78 Å². The number of hydrogen-bond acceptors (Lipinski definition) is 4. The summed E-state index contributed by atoms with van der Waals surface area (Å²) in [7, 11) is 1.67. The first-order valence-electron chi connectivity index (χ1n) is 10.4. The Bertz CT molecular complexity index is 1140. The van der Waals surface area contributed by atoms with Gasteiger partial charge in [-0.1, -0.05) is 35.9 Å². The molecule has 2 heterocycles. The molecule has 1 aliphatic heterocycles. The fourth-order valence-electron chi connectivity index (χ4n) is 4.70. The van der Waals surface area contributed by atoms with E-state index >= 15 is 0 Å². The topological polar surface area (TPSA) is 56.1 Å². The number of aryl methyl sites for hydroxylation is 2. The third-order valence-corrected chi connectivity index (χ3v) is 6.20. The summed E-state index contributed by atoms with van der Waals surface area (Å²) in [5.74, 6) is 1.79. The van der Waals surface area contributed by atoms with Crippen molar-refractivity contribution in [3.05, 3.63) is 82.7 Å². The predicted octanol–water partition coefficient (Wildman–Crippen LogP) is 4.92. The molecule has 5 nitrogen and oxygen atoms in total. The van der Waals surface area contributed by atoms with Gasteiger partial charge >= 0.3 is 0 Å². The van der Waals surface area contributed by atoms with Crippen molar-refractivity contribution >= 4 is 11.6 Å². The Balaban J connectivity index is 1.71. The van der Waals surface area contributed by atoms with Gasteiger partial charge in [-0.3, -0.25) is 4.79 Å². The first-order chi connectivity index (χ1) is 14.6. The lowest BCUT2D eigenvalue weighted by Gasteiger charge is -2.36. The smallest absolute Gasteiger partial charge is 0.143 e. The number of nitrogens with zero attached hydrogens (tertiary/aromatic N) is 2. The second-order valence-electron chi connectivity index (χ2n) is 8.11. The Kier molecular flexibility index (Phi) is 4.46. The zero-order valence-corrected chi connectivity index (χ0v) is 17.5. The lowest BCUT2D eigenvalue weighted by atomic mass is 9.72. The van der Waals surface area contributed by atoms with Crippen LogP contribution < -0.4 is 10.1 Å². The maximum absolute atomic E-state index is 13.0. The van der Waals surface area contributed by atoms with Crippen LogP contribution in [-0.4, -0.2) is 22.7 Å². The highest BCUT2D eigenvalue weighted by Gasteiger charge is 2.42. The lowest BCUT2D eigenvalue weighted by molar-refractivity contribution is -0.122. The number of nitrogens with one attached hydrogen (secondary N) is 1. The number of ketones is 1. The van der Waals surface area contributed by atoms with Crippen LogP contribution in [-0.2, 0) is 4.79 Å². The number of allylic oxidation sites excluding steroid dienone is 2. The van der Waals surface area contributed by atoms with Gasteiger partial charge in [0.2, 0.25) is 0 Å². The lowest BCUT2D eigenvalue weighted by Crippen LogP contribution is -2.35. The average molecular weight is 399 g/mol. The summed E-state index contributed by atoms with van der Waals surface area (Å²) in [4.78, 5) is 13.0. The number of methoxy groups -OCH3 is 1. The molecule has 0 saturated heterocycles. The minimum absolute atomic E-state index is 0.0644. The monoisotopic (exact) mass is 399 g/mol. The molecule has 0 bridgehead atoms. The van der Waals surface area contributed by atoms with Gasteiger partial charge in [0.05, 0.1) is 24.4 Å². The Morgan fingerprint density at radius 3 is 2.47 bits per heavy atom. The van der Waals surface area contributed by atoms with E-state index in [1.807, 2.05) is 23.7 Å². The van der Waals surface area contributed by atoms with E-state index in [2.05, 4.69) is 54.7 Å². The molecule has 1 aromatic heterocycles. The SMILES string of the molecule is COc1ccc([C@@H]2c3c(C)nn(-c4ccc(C)cc4)c3NC3=CCCC(=O)[C@H]32)cc1. The first-order valence-corrected chi connectivity index (χ1v) is 10.4. The molecule has 30 heavy (non-hydrogen) atoms. The summed E-state index contributed by atoms with van der Waals surface area (Å²) in [6.07, 6.45) is 3.54. The van der Waals surface area contributed by atoms with E-state index in [1.54, 1.807) is 7.11 Å². The van der Waals surface area contributed by atoms with Crippen LogP contribution in [0.4, 0.5) is 5.82 Å². The van der Waals surface area contributed by atoms with Crippen molar-refractivity contribution in [2.45, 2.75) is 32.6 Å². The number of rotatable bonds is 3. The molecule has 5 rings (SSSR count). The summed E-state index contributed by atoms with van der Waals surface area (Å²) < 4.78 is 7.31. The van der Waals surface area contributed by atoms with Crippen LogP contribution >= 0.6 is 0 Å². The van der Waals surface area contributed by atoms with Crippen molar-refractivity contribution in [2.24, 2.45) is 5.92 Å². The number of aromatic nitrogens is 2. The summed E-state index contributed by atoms with van der Waals surface area (Å²) >= 11 is 0. The van der Waals surface area contributed by atoms with E-state index in [9.17, 15) is 4.79 Å². The third kappa shape index (κ3) is 2.93. The van der Waals surface area contributed by atoms with E-state index in [0.29, 0.717) is 6.42 Å². The zero-order valence-electron chi connectivity index (χ0n) is 17.5. The van der Waals surface area contributed by atoms with Crippen LogP contribution in [0.3, 0.4) is 0 Å². The molecular formula is C25H25N3O2. The summed E-state index contributed by atoms with van der Waals surface area (Å²) in [5.41, 5.74) is 6.35. The van der Waals surface area contributed by atoms with E-state index in [4.69, 9.17) is 9.84 Å². The fourth-order valence-corrected chi connectivity index (χ4v) is 4.70. The Labute approximate surface area is 176 Å². The Morgan fingerprint density at radius 1 is 1.03 bits per heavy atom. The molecule has 0 amide bonds. The van der Waals surface area contributed by atoms with Gasteiger partial charge in [-0.15, -0.1) is 0 Å². The van der Waals surface area contributed by atoms with Crippen LogP contribution in [0.1, 0.15) is 41.1 Å². The van der Waals surface area contributed by atoms with Crippen molar-refractivity contribution < 1.29 is 9.53 Å². The molecule has 5 heteroatoms. The maximum atomic E-state index is 13.0. The quantitative estimate of drug-likeness (QED) is 0.679. The minimum atomic E-state index is -0.200. The molecule has 0 spiro atoms. The summed E-state index contributed by atoms with van der Waals surface area (Å²) in [6, 6.07) is 16.4. The molecule has 2 aromatic carbocycles. The van der Waals surface area contributed by atoms with E-state index < -0.39 is 0 Å². The number of ether oxygens (including phenoxy) is 1. The molecule has 0 radical (unpaired) electrons. The van der Waals surface area contributed by atoms with Gasteiger partial charge in [-0.25, -0.2) is 4.68 Å². The van der Waals surface area contributed by atoms with Gasteiger partial charge in [-0.2, -0.15) is 5.10 Å². The highest BCUT2D eigenvalue weighted by Crippen LogP contribution is 2.48. The largest absolute Gasteiger partial charge is 0.497 e. The number of anilines is 1. The molecule has 0 fully saturated rings. The van der Waals surface area contributed by atoms with Gasteiger partial charge in [-0.05, 0) is 50.1 Å². The highest BCUT2D eigenvalue weighted by molar-refractivity contribution is 5.89. The molecule has 2 aliphatic rings. The van der Waals surface area contributed by atoms with Crippen LogP contribution in [0, 0.1) is 19.8 Å².